The monoisotopic (exact) mass is 290 g/mol. The summed E-state index contributed by atoms with van der Waals surface area (Å²) in [5.41, 5.74) is 9.48. The van der Waals surface area contributed by atoms with Gasteiger partial charge in [0.05, 0.1) is 17.3 Å². The summed E-state index contributed by atoms with van der Waals surface area (Å²) < 4.78 is 5.09. The normalized spacial score (nSPS) is 12.6. The Labute approximate surface area is 124 Å². The number of ether oxygens (including phenoxy) is 1. The molecule has 2 N–H and O–H groups in total. The van der Waals surface area contributed by atoms with Gasteiger partial charge in [-0.1, -0.05) is 31.2 Å². The van der Waals surface area contributed by atoms with Crippen molar-refractivity contribution in [2.75, 3.05) is 13.7 Å². The largest absolute Gasteiger partial charge is 0.384 e. The number of nitrogens with zero attached hydrogens (tertiary/aromatic N) is 1. The van der Waals surface area contributed by atoms with E-state index in [2.05, 4.69) is 41.6 Å². The van der Waals surface area contributed by atoms with Crippen LogP contribution in [0.2, 0.25) is 0 Å². The average molecular weight is 290 g/mol. The number of benzene rings is 1. The van der Waals surface area contributed by atoms with E-state index < -0.39 is 0 Å². The van der Waals surface area contributed by atoms with Crippen molar-refractivity contribution in [3.05, 3.63) is 40.2 Å². The lowest BCUT2D eigenvalue weighted by atomic mass is 10.1. The van der Waals surface area contributed by atoms with Crippen molar-refractivity contribution < 1.29 is 4.74 Å². The highest BCUT2D eigenvalue weighted by molar-refractivity contribution is 7.09. The molecule has 1 unspecified atom stereocenters. The van der Waals surface area contributed by atoms with Crippen LogP contribution >= 0.6 is 11.3 Å². The number of hydrogen-bond acceptors (Lipinski definition) is 4. The lowest BCUT2D eigenvalue weighted by molar-refractivity contribution is 0.202. The molecule has 0 saturated heterocycles. The predicted octanol–water partition coefficient (Wildman–Crippen LogP) is 3.28. The molecule has 0 bridgehead atoms. The molecule has 0 spiro atoms. The fourth-order valence-corrected chi connectivity index (χ4v) is 2.87. The van der Waals surface area contributed by atoms with Crippen molar-refractivity contribution in [2.45, 2.75) is 32.2 Å². The third kappa shape index (κ3) is 4.13. The number of methoxy groups -OCH3 is 1. The molecule has 3 nitrogen and oxygen atoms in total. The molecule has 1 heterocycles. The number of aromatic nitrogens is 1. The zero-order chi connectivity index (χ0) is 14.4. The van der Waals surface area contributed by atoms with E-state index in [0.717, 1.165) is 36.6 Å². The predicted molar refractivity (Wildman–Crippen MR) is 85.1 cm³/mol. The molecule has 0 aliphatic rings. The van der Waals surface area contributed by atoms with Crippen LogP contribution in [-0.2, 0) is 17.6 Å². The molecule has 1 atom stereocenters. The van der Waals surface area contributed by atoms with Crippen LogP contribution in [0.15, 0.2) is 29.6 Å². The molecule has 4 heteroatoms. The summed E-state index contributed by atoms with van der Waals surface area (Å²) >= 11 is 1.70. The molecule has 0 radical (unpaired) electrons. The smallest absolute Gasteiger partial charge is 0.0948 e. The van der Waals surface area contributed by atoms with E-state index in [0.29, 0.717) is 0 Å². The number of nitrogens with two attached hydrogens (primary N) is 1. The maximum atomic E-state index is 5.97. The second kappa shape index (κ2) is 7.53. The molecular weight excluding hydrogens is 268 g/mol. The van der Waals surface area contributed by atoms with Crippen molar-refractivity contribution in [2.24, 2.45) is 5.73 Å². The number of hydrogen-bond donors (Lipinski definition) is 1. The van der Waals surface area contributed by atoms with Gasteiger partial charge in [0.2, 0.25) is 0 Å². The molecule has 1 aromatic carbocycles. The van der Waals surface area contributed by atoms with Crippen LogP contribution in [0.3, 0.4) is 0 Å². The van der Waals surface area contributed by atoms with Gasteiger partial charge < -0.3 is 10.5 Å². The van der Waals surface area contributed by atoms with Gasteiger partial charge in [-0.2, -0.15) is 0 Å². The van der Waals surface area contributed by atoms with Crippen molar-refractivity contribution in [3.63, 3.8) is 0 Å². The second-order valence-corrected chi connectivity index (χ2v) is 5.88. The molecule has 0 amide bonds. The maximum Gasteiger partial charge on any atom is 0.0948 e. The summed E-state index contributed by atoms with van der Waals surface area (Å²) in [7, 11) is 1.73. The third-order valence-electron chi connectivity index (χ3n) is 3.36. The molecule has 0 aliphatic carbocycles. The highest BCUT2D eigenvalue weighted by Gasteiger charge is 2.08. The summed E-state index contributed by atoms with van der Waals surface area (Å²) in [5, 5.41) is 3.24. The van der Waals surface area contributed by atoms with Gasteiger partial charge in [-0.05, 0) is 18.4 Å². The molecule has 0 aliphatic heterocycles. The Hall–Kier alpha value is -1.23. The Kier molecular flexibility index (Phi) is 5.71. The molecule has 2 aromatic rings. The van der Waals surface area contributed by atoms with Gasteiger partial charge in [-0.3, -0.25) is 0 Å². The van der Waals surface area contributed by atoms with Gasteiger partial charge in [0.1, 0.15) is 0 Å². The van der Waals surface area contributed by atoms with Crippen molar-refractivity contribution in [1.29, 1.82) is 0 Å². The topological polar surface area (TPSA) is 48.1 Å². The van der Waals surface area contributed by atoms with E-state index in [9.17, 15) is 0 Å². The van der Waals surface area contributed by atoms with Gasteiger partial charge in [0.15, 0.2) is 0 Å². The zero-order valence-electron chi connectivity index (χ0n) is 12.1. The lowest BCUT2D eigenvalue weighted by Crippen LogP contribution is -2.21. The van der Waals surface area contributed by atoms with Crippen molar-refractivity contribution in [3.8, 4) is 11.3 Å². The second-order valence-electron chi connectivity index (χ2n) is 4.94. The maximum absolute atomic E-state index is 5.97. The van der Waals surface area contributed by atoms with Crippen LogP contribution < -0.4 is 5.73 Å². The minimum atomic E-state index is 0.213. The van der Waals surface area contributed by atoms with E-state index in [1.165, 1.54) is 11.1 Å². The summed E-state index contributed by atoms with van der Waals surface area (Å²) in [5.74, 6) is 0. The van der Waals surface area contributed by atoms with Crippen LogP contribution in [0.25, 0.3) is 11.3 Å². The van der Waals surface area contributed by atoms with Gasteiger partial charge >= 0.3 is 0 Å². The first-order chi connectivity index (χ1) is 9.72. The number of rotatable bonds is 7. The molecule has 0 fully saturated rings. The molecule has 0 saturated carbocycles. The van der Waals surface area contributed by atoms with Gasteiger partial charge in [-0.15, -0.1) is 11.3 Å². The molecule has 1 aromatic heterocycles. The SMILES string of the molecule is CCC(N)Cc1nc(-c2ccc(CCOC)cc2)cs1. The average Bonchev–Trinajstić information content (AvgIpc) is 2.94. The van der Waals surface area contributed by atoms with Crippen LogP contribution in [-0.4, -0.2) is 24.7 Å². The van der Waals surface area contributed by atoms with Crippen LogP contribution in [0.4, 0.5) is 0 Å². The minimum absolute atomic E-state index is 0.213. The fourth-order valence-electron chi connectivity index (χ4n) is 1.97. The fraction of sp³-hybridized carbons (Fsp3) is 0.438. The molecular formula is C16H22N2OS. The van der Waals surface area contributed by atoms with Gasteiger partial charge in [0, 0.05) is 30.5 Å². The standard InChI is InChI=1S/C16H22N2OS/c1-3-14(17)10-16-18-15(11-20-16)13-6-4-12(5-7-13)8-9-19-2/h4-7,11,14H,3,8-10,17H2,1-2H3. The molecule has 108 valence electrons. The Balaban J connectivity index is 2.04. The van der Waals surface area contributed by atoms with Crippen molar-refractivity contribution >= 4 is 11.3 Å². The summed E-state index contributed by atoms with van der Waals surface area (Å²) in [6.07, 6.45) is 2.81. The first-order valence-electron chi connectivity index (χ1n) is 7.01. The third-order valence-corrected chi connectivity index (χ3v) is 4.23. The highest BCUT2D eigenvalue weighted by Crippen LogP contribution is 2.23. The van der Waals surface area contributed by atoms with Gasteiger partial charge in [-0.25, -0.2) is 4.98 Å². The summed E-state index contributed by atoms with van der Waals surface area (Å²) in [6.45, 7) is 2.87. The lowest BCUT2D eigenvalue weighted by Gasteiger charge is -2.04. The number of thiazole rings is 1. The summed E-state index contributed by atoms with van der Waals surface area (Å²) in [6, 6.07) is 8.76. The Bertz CT molecular complexity index is 522. The first kappa shape index (κ1) is 15.2. The minimum Gasteiger partial charge on any atom is -0.384 e. The van der Waals surface area contributed by atoms with Crippen LogP contribution in [0, 0.1) is 0 Å². The van der Waals surface area contributed by atoms with Crippen LogP contribution in [0.1, 0.15) is 23.9 Å². The zero-order valence-corrected chi connectivity index (χ0v) is 13.0. The van der Waals surface area contributed by atoms with E-state index in [1.54, 1.807) is 18.4 Å². The van der Waals surface area contributed by atoms with E-state index in [4.69, 9.17) is 10.5 Å². The Morgan fingerprint density at radius 1 is 1.30 bits per heavy atom. The van der Waals surface area contributed by atoms with Crippen LogP contribution in [0.5, 0.6) is 0 Å². The Morgan fingerprint density at radius 2 is 2.05 bits per heavy atom. The molecule has 2 rings (SSSR count). The summed E-state index contributed by atoms with van der Waals surface area (Å²) in [4.78, 5) is 4.67. The van der Waals surface area contributed by atoms with E-state index in [1.807, 2.05) is 0 Å². The first-order valence-corrected chi connectivity index (χ1v) is 7.89. The molecule has 20 heavy (non-hydrogen) atoms. The van der Waals surface area contributed by atoms with Gasteiger partial charge in [0.25, 0.3) is 0 Å². The van der Waals surface area contributed by atoms with E-state index in [-0.39, 0.29) is 6.04 Å². The highest BCUT2D eigenvalue weighted by atomic mass is 32.1. The van der Waals surface area contributed by atoms with E-state index >= 15 is 0 Å². The quantitative estimate of drug-likeness (QED) is 0.851. The van der Waals surface area contributed by atoms with Crippen molar-refractivity contribution in [1.82, 2.24) is 4.98 Å². The Morgan fingerprint density at radius 3 is 2.70 bits per heavy atom.